The molecule has 1 fully saturated rings. The van der Waals surface area contributed by atoms with E-state index in [0.717, 1.165) is 28.6 Å². The zero-order valence-corrected chi connectivity index (χ0v) is 19.7. The third-order valence-electron chi connectivity index (χ3n) is 5.44. The van der Waals surface area contributed by atoms with Crippen LogP contribution in [-0.4, -0.2) is 44.3 Å². The number of fused-ring (bicyclic) bond motifs is 1. The molecule has 2 heterocycles. The van der Waals surface area contributed by atoms with Crippen LogP contribution in [0, 0.1) is 6.92 Å². The number of aromatic nitrogens is 1. The van der Waals surface area contributed by atoms with Gasteiger partial charge >= 0.3 is 0 Å². The van der Waals surface area contributed by atoms with Crippen molar-refractivity contribution < 1.29 is 17.9 Å². The lowest BCUT2D eigenvalue weighted by molar-refractivity contribution is 0.0917. The number of hydrogen-bond acceptors (Lipinski definition) is 6. The molecule has 0 spiro atoms. The summed E-state index contributed by atoms with van der Waals surface area (Å²) in [5, 5.41) is 1.17. The second-order valence-corrected chi connectivity index (χ2v) is 11.2. The smallest absolute Gasteiger partial charge is 0.260 e. The van der Waals surface area contributed by atoms with Gasteiger partial charge in [-0.2, -0.15) is 0 Å². The molecule has 2 aromatic carbocycles. The Kier molecular flexibility index (Phi) is 6.35. The van der Waals surface area contributed by atoms with Crippen LogP contribution >= 0.6 is 22.9 Å². The van der Waals surface area contributed by atoms with Crippen LogP contribution in [0.2, 0.25) is 5.02 Å². The molecule has 9 heteroatoms. The normalized spacial score (nSPS) is 16.7. The van der Waals surface area contributed by atoms with Crippen molar-refractivity contribution in [3.8, 4) is 0 Å². The second-order valence-electron chi connectivity index (χ2n) is 7.50. The van der Waals surface area contributed by atoms with Crippen molar-refractivity contribution >= 4 is 54.0 Å². The van der Waals surface area contributed by atoms with Gasteiger partial charge in [0.1, 0.15) is 0 Å². The average molecular weight is 479 g/mol. The van der Waals surface area contributed by atoms with Crippen molar-refractivity contribution in [1.29, 1.82) is 0 Å². The zero-order chi connectivity index (χ0) is 22.2. The van der Waals surface area contributed by atoms with E-state index >= 15 is 0 Å². The molecule has 0 saturated carbocycles. The first-order chi connectivity index (χ1) is 14.8. The summed E-state index contributed by atoms with van der Waals surface area (Å²) in [7, 11) is -3.42. The predicted octanol–water partition coefficient (Wildman–Crippen LogP) is 4.88. The van der Waals surface area contributed by atoms with E-state index in [-0.39, 0.29) is 22.7 Å². The quantitative estimate of drug-likeness (QED) is 0.504. The van der Waals surface area contributed by atoms with Crippen molar-refractivity contribution in [1.82, 2.24) is 4.98 Å². The lowest BCUT2D eigenvalue weighted by Crippen LogP contribution is -2.37. The molecular formula is C22H23ClN2O4S2. The molecule has 1 aliphatic heterocycles. The van der Waals surface area contributed by atoms with Gasteiger partial charge in [0.05, 0.1) is 33.5 Å². The third kappa shape index (κ3) is 4.48. The van der Waals surface area contributed by atoms with Crippen LogP contribution in [0.5, 0.6) is 0 Å². The fourth-order valence-electron chi connectivity index (χ4n) is 3.59. The van der Waals surface area contributed by atoms with E-state index in [1.165, 1.54) is 23.5 Å². The number of carbonyl (C=O) groups excluding carboxylic acids is 1. The number of carbonyl (C=O) groups is 1. The number of sulfone groups is 1. The SMILES string of the molecule is CCS(=O)(=O)c1cccc(C(=O)N(CC2CCCO2)c2nc3c(C)c(Cl)ccc3s2)c1. The first-order valence-electron chi connectivity index (χ1n) is 10.1. The number of thiazole rings is 1. The Morgan fingerprint density at radius 2 is 2.13 bits per heavy atom. The topological polar surface area (TPSA) is 76.6 Å². The maximum atomic E-state index is 13.5. The van der Waals surface area contributed by atoms with Crippen LogP contribution < -0.4 is 4.90 Å². The van der Waals surface area contributed by atoms with E-state index in [0.29, 0.717) is 28.9 Å². The number of hydrogen-bond donors (Lipinski definition) is 0. The highest BCUT2D eigenvalue weighted by Gasteiger charge is 2.28. The van der Waals surface area contributed by atoms with Gasteiger partial charge in [-0.05, 0) is 55.7 Å². The minimum atomic E-state index is -3.42. The number of benzene rings is 2. The molecule has 0 aliphatic carbocycles. The molecule has 1 atom stereocenters. The molecule has 1 unspecified atom stereocenters. The van der Waals surface area contributed by atoms with Crippen molar-refractivity contribution in [2.45, 2.75) is 37.7 Å². The molecule has 31 heavy (non-hydrogen) atoms. The molecule has 4 rings (SSSR count). The van der Waals surface area contributed by atoms with Crippen LogP contribution in [0.25, 0.3) is 10.2 Å². The third-order valence-corrected chi connectivity index (χ3v) is 8.63. The molecule has 1 amide bonds. The number of rotatable bonds is 6. The van der Waals surface area contributed by atoms with Crippen molar-refractivity contribution in [3.63, 3.8) is 0 Å². The largest absolute Gasteiger partial charge is 0.376 e. The van der Waals surface area contributed by atoms with Gasteiger partial charge in [0.15, 0.2) is 15.0 Å². The summed E-state index contributed by atoms with van der Waals surface area (Å²) < 4.78 is 31.3. The minimum absolute atomic E-state index is 0.0256. The lowest BCUT2D eigenvalue weighted by atomic mass is 10.1. The van der Waals surface area contributed by atoms with Gasteiger partial charge in [-0.1, -0.05) is 35.9 Å². The first kappa shape index (κ1) is 22.2. The summed E-state index contributed by atoms with van der Waals surface area (Å²) in [6.45, 7) is 4.52. The van der Waals surface area contributed by atoms with E-state index in [1.807, 2.05) is 19.1 Å². The number of amides is 1. The summed E-state index contributed by atoms with van der Waals surface area (Å²) in [6, 6.07) is 9.92. The van der Waals surface area contributed by atoms with Crippen molar-refractivity contribution in [3.05, 3.63) is 52.5 Å². The number of anilines is 1. The highest BCUT2D eigenvalue weighted by atomic mass is 35.5. The number of halogens is 1. The Labute approximate surface area is 190 Å². The van der Waals surface area contributed by atoms with E-state index in [1.54, 1.807) is 24.0 Å². The van der Waals surface area contributed by atoms with Gasteiger partial charge in [0, 0.05) is 17.2 Å². The molecule has 0 N–H and O–H groups in total. The van der Waals surface area contributed by atoms with Crippen LogP contribution in [-0.2, 0) is 14.6 Å². The number of nitrogens with zero attached hydrogens (tertiary/aromatic N) is 2. The molecule has 1 aromatic heterocycles. The van der Waals surface area contributed by atoms with Crippen LogP contribution in [0.3, 0.4) is 0 Å². The van der Waals surface area contributed by atoms with E-state index in [9.17, 15) is 13.2 Å². The van der Waals surface area contributed by atoms with E-state index < -0.39 is 9.84 Å². The molecular weight excluding hydrogens is 456 g/mol. The number of ether oxygens (including phenoxy) is 1. The Morgan fingerprint density at radius 3 is 2.84 bits per heavy atom. The van der Waals surface area contributed by atoms with Crippen molar-refractivity contribution in [2.24, 2.45) is 0 Å². The highest BCUT2D eigenvalue weighted by molar-refractivity contribution is 7.91. The van der Waals surface area contributed by atoms with Crippen molar-refractivity contribution in [2.75, 3.05) is 23.8 Å². The average Bonchev–Trinajstić information content (AvgIpc) is 3.44. The lowest BCUT2D eigenvalue weighted by Gasteiger charge is -2.23. The fourth-order valence-corrected chi connectivity index (χ4v) is 5.70. The van der Waals surface area contributed by atoms with Crippen LogP contribution in [0.15, 0.2) is 41.3 Å². The summed E-state index contributed by atoms with van der Waals surface area (Å²) in [5.74, 6) is -0.325. The maximum Gasteiger partial charge on any atom is 0.260 e. The molecule has 164 valence electrons. The van der Waals surface area contributed by atoms with Gasteiger partial charge in [0.25, 0.3) is 5.91 Å². The summed E-state index contributed by atoms with van der Waals surface area (Å²) in [5.41, 5.74) is 1.93. The minimum Gasteiger partial charge on any atom is -0.376 e. The molecule has 6 nitrogen and oxygen atoms in total. The van der Waals surface area contributed by atoms with Gasteiger partial charge < -0.3 is 4.74 Å². The molecule has 3 aromatic rings. The molecule has 0 radical (unpaired) electrons. The van der Waals surface area contributed by atoms with Crippen LogP contribution in [0.4, 0.5) is 5.13 Å². The van der Waals surface area contributed by atoms with Gasteiger partial charge in [-0.15, -0.1) is 0 Å². The van der Waals surface area contributed by atoms with E-state index in [2.05, 4.69) is 0 Å². The van der Waals surface area contributed by atoms with Crippen LogP contribution in [0.1, 0.15) is 35.7 Å². The first-order valence-corrected chi connectivity index (χ1v) is 13.0. The Balaban J connectivity index is 1.76. The summed E-state index contributed by atoms with van der Waals surface area (Å²) in [6.07, 6.45) is 1.73. The second kappa shape index (κ2) is 8.86. The Bertz CT molecular complexity index is 1230. The van der Waals surface area contributed by atoms with Gasteiger partial charge in [-0.25, -0.2) is 13.4 Å². The predicted molar refractivity (Wildman–Crippen MR) is 124 cm³/mol. The van der Waals surface area contributed by atoms with Gasteiger partial charge in [0.2, 0.25) is 0 Å². The highest BCUT2D eigenvalue weighted by Crippen LogP contribution is 2.35. The molecule has 0 bridgehead atoms. The Hall–Kier alpha value is -2.00. The maximum absolute atomic E-state index is 13.5. The zero-order valence-electron chi connectivity index (χ0n) is 17.3. The van der Waals surface area contributed by atoms with Gasteiger partial charge in [-0.3, -0.25) is 9.69 Å². The molecule has 1 aliphatic rings. The summed E-state index contributed by atoms with van der Waals surface area (Å²) in [4.78, 5) is 20.0. The number of aryl methyl sites for hydroxylation is 1. The monoisotopic (exact) mass is 478 g/mol. The fraction of sp³-hybridized carbons (Fsp3) is 0.364. The summed E-state index contributed by atoms with van der Waals surface area (Å²) >= 11 is 7.66. The Morgan fingerprint density at radius 1 is 1.32 bits per heavy atom. The molecule has 1 saturated heterocycles. The standard InChI is InChI=1S/C22H23ClN2O4S2/c1-3-31(27,28)17-8-4-6-15(12-17)21(26)25(13-16-7-5-11-29-16)22-24-20-14(2)18(23)9-10-19(20)30-22/h4,6,8-10,12,16H,3,5,7,11,13H2,1-2H3. The van der Waals surface area contributed by atoms with E-state index in [4.69, 9.17) is 21.3 Å².